The first-order valence-corrected chi connectivity index (χ1v) is 8.73. The Morgan fingerprint density at radius 2 is 1.96 bits per heavy atom. The SMILES string of the molecule is COc1ccccc1C(=O)CSc1ccc(-n2nc(C)cc2C)nn1. The van der Waals surface area contributed by atoms with Crippen molar-refractivity contribution in [3.63, 3.8) is 0 Å². The van der Waals surface area contributed by atoms with Crippen LogP contribution in [0.15, 0.2) is 47.5 Å². The fourth-order valence-electron chi connectivity index (χ4n) is 2.46. The van der Waals surface area contributed by atoms with Gasteiger partial charge in [-0.15, -0.1) is 10.2 Å². The van der Waals surface area contributed by atoms with Crippen molar-refractivity contribution in [1.82, 2.24) is 20.0 Å². The van der Waals surface area contributed by atoms with Gasteiger partial charge in [-0.2, -0.15) is 5.10 Å². The molecule has 6 nitrogen and oxygen atoms in total. The van der Waals surface area contributed by atoms with Crippen molar-refractivity contribution in [2.24, 2.45) is 0 Å². The molecule has 0 fully saturated rings. The molecule has 0 bridgehead atoms. The number of ketones is 1. The van der Waals surface area contributed by atoms with E-state index in [-0.39, 0.29) is 11.5 Å². The Hall–Kier alpha value is -2.67. The molecule has 0 aliphatic carbocycles. The molecular formula is C18H18N4O2S. The molecule has 0 aliphatic heterocycles. The summed E-state index contributed by atoms with van der Waals surface area (Å²) < 4.78 is 6.98. The van der Waals surface area contributed by atoms with Gasteiger partial charge in [0.2, 0.25) is 0 Å². The van der Waals surface area contributed by atoms with E-state index in [1.54, 1.807) is 23.9 Å². The number of nitrogens with zero attached hydrogens (tertiary/aromatic N) is 4. The van der Waals surface area contributed by atoms with Crippen molar-refractivity contribution in [2.45, 2.75) is 18.9 Å². The van der Waals surface area contributed by atoms with E-state index in [9.17, 15) is 4.79 Å². The number of carbonyl (C=O) groups excluding carboxylic acids is 1. The highest BCUT2D eigenvalue weighted by molar-refractivity contribution is 7.99. The minimum absolute atomic E-state index is 0.00753. The summed E-state index contributed by atoms with van der Waals surface area (Å²) in [6, 6.07) is 12.9. The topological polar surface area (TPSA) is 69.9 Å². The summed E-state index contributed by atoms with van der Waals surface area (Å²) in [5, 5.41) is 13.5. The zero-order valence-corrected chi connectivity index (χ0v) is 15.1. The first-order valence-electron chi connectivity index (χ1n) is 7.75. The fourth-order valence-corrected chi connectivity index (χ4v) is 3.15. The standard InChI is InChI=1S/C18H18N4O2S/c1-12-10-13(2)22(21-12)17-8-9-18(20-19-17)25-11-15(23)14-6-4-5-7-16(14)24-3/h4-10H,11H2,1-3H3. The maximum atomic E-state index is 12.4. The van der Waals surface area contributed by atoms with E-state index in [1.807, 2.05) is 44.2 Å². The maximum Gasteiger partial charge on any atom is 0.176 e. The molecule has 0 radical (unpaired) electrons. The molecule has 25 heavy (non-hydrogen) atoms. The van der Waals surface area contributed by atoms with E-state index in [2.05, 4.69) is 15.3 Å². The predicted molar refractivity (Wildman–Crippen MR) is 96.7 cm³/mol. The number of hydrogen-bond donors (Lipinski definition) is 0. The molecule has 3 rings (SSSR count). The third-order valence-electron chi connectivity index (χ3n) is 3.61. The Kier molecular flexibility index (Phi) is 5.14. The van der Waals surface area contributed by atoms with Crippen molar-refractivity contribution in [2.75, 3.05) is 12.9 Å². The highest BCUT2D eigenvalue weighted by Gasteiger charge is 2.13. The van der Waals surface area contributed by atoms with Crippen LogP contribution in [0.1, 0.15) is 21.7 Å². The summed E-state index contributed by atoms with van der Waals surface area (Å²) >= 11 is 1.35. The van der Waals surface area contributed by atoms with E-state index < -0.39 is 0 Å². The van der Waals surface area contributed by atoms with Crippen molar-refractivity contribution < 1.29 is 9.53 Å². The summed E-state index contributed by atoms with van der Waals surface area (Å²) in [6.07, 6.45) is 0. The molecule has 0 saturated heterocycles. The molecule has 0 saturated carbocycles. The molecule has 2 heterocycles. The Morgan fingerprint density at radius 1 is 1.16 bits per heavy atom. The Morgan fingerprint density at radius 3 is 2.60 bits per heavy atom. The highest BCUT2D eigenvalue weighted by atomic mass is 32.2. The van der Waals surface area contributed by atoms with Gasteiger partial charge in [0.15, 0.2) is 11.6 Å². The second kappa shape index (κ2) is 7.48. The van der Waals surface area contributed by atoms with Gasteiger partial charge in [-0.1, -0.05) is 23.9 Å². The van der Waals surface area contributed by atoms with Crippen LogP contribution in [0.2, 0.25) is 0 Å². The molecule has 7 heteroatoms. The van der Waals surface area contributed by atoms with E-state index in [1.165, 1.54) is 11.8 Å². The number of methoxy groups -OCH3 is 1. The molecule has 0 spiro atoms. The third kappa shape index (κ3) is 3.88. The van der Waals surface area contributed by atoms with Crippen LogP contribution in [0.25, 0.3) is 5.82 Å². The van der Waals surface area contributed by atoms with Gasteiger partial charge in [-0.3, -0.25) is 4.79 Å². The van der Waals surface area contributed by atoms with Gasteiger partial charge in [0, 0.05) is 5.69 Å². The lowest BCUT2D eigenvalue weighted by Gasteiger charge is -2.07. The number of para-hydroxylation sites is 1. The Labute approximate surface area is 150 Å². The second-order valence-corrected chi connectivity index (χ2v) is 6.48. The average Bonchev–Trinajstić information content (AvgIpc) is 2.98. The van der Waals surface area contributed by atoms with E-state index in [4.69, 9.17) is 4.74 Å². The molecule has 3 aromatic rings. The van der Waals surface area contributed by atoms with Crippen molar-refractivity contribution in [3.8, 4) is 11.6 Å². The summed E-state index contributed by atoms with van der Waals surface area (Å²) in [5.41, 5.74) is 2.50. The van der Waals surface area contributed by atoms with Gasteiger partial charge in [0.05, 0.1) is 24.1 Å². The number of aromatic nitrogens is 4. The largest absolute Gasteiger partial charge is 0.496 e. The second-order valence-electron chi connectivity index (χ2n) is 5.48. The summed E-state index contributed by atoms with van der Waals surface area (Å²) in [4.78, 5) is 12.4. The molecule has 1 aromatic carbocycles. The number of aryl methyl sites for hydroxylation is 2. The lowest BCUT2D eigenvalue weighted by molar-refractivity contribution is 0.101. The van der Waals surface area contributed by atoms with Gasteiger partial charge in [-0.25, -0.2) is 4.68 Å². The number of carbonyl (C=O) groups is 1. The lowest BCUT2D eigenvalue weighted by atomic mass is 10.1. The van der Waals surface area contributed by atoms with Crippen molar-refractivity contribution >= 4 is 17.5 Å². The van der Waals surface area contributed by atoms with E-state index >= 15 is 0 Å². The molecule has 0 unspecified atom stereocenters. The molecule has 0 N–H and O–H groups in total. The summed E-state index contributed by atoms with van der Waals surface area (Å²) in [7, 11) is 1.56. The van der Waals surface area contributed by atoms with Gasteiger partial charge in [-0.05, 0) is 44.2 Å². The van der Waals surface area contributed by atoms with Crippen LogP contribution in [0, 0.1) is 13.8 Å². The van der Waals surface area contributed by atoms with Crippen LogP contribution >= 0.6 is 11.8 Å². The number of benzene rings is 1. The van der Waals surface area contributed by atoms with E-state index in [0.29, 0.717) is 22.2 Å². The maximum absolute atomic E-state index is 12.4. The monoisotopic (exact) mass is 354 g/mol. The quantitative estimate of drug-likeness (QED) is 0.500. The number of hydrogen-bond acceptors (Lipinski definition) is 6. The van der Waals surface area contributed by atoms with Crippen LogP contribution in [0.4, 0.5) is 0 Å². The first-order chi connectivity index (χ1) is 12.1. The number of rotatable bonds is 6. The summed E-state index contributed by atoms with van der Waals surface area (Å²) in [5.74, 6) is 1.51. The molecule has 2 aromatic heterocycles. The van der Waals surface area contributed by atoms with Crippen molar-refractivity contribution in [3.05, 3.63) is 59.4 Å². The molecule has 128 valence electrons. The zero-order valence-electron chi connectivity index (χ0n) is 14.3. The summed E-state index contributed by atoms with van der Waals surface area (Å²) in [6.45, 7) is 3.90. The molecule has 0 aliphatic rings. The first kappa shape index (κ1) is 17.2. The lowest BCUT2D eigenvalue weighted by Crippen LogP contribution is -2.06. The average molecular weight is 354 g/mol. The Bertz CT molecular complexity index is 890. The van der Waals surface area contributed by atoms with Gasteiger partial charge in [0.1, 0.15) is 10.8 Å². The zero-order chi connectivity index (χ0) is 17.8. The molecule has 0 amide bonds. The number of Topliss-reactive ketones (excluding diaryl/α,β-unsaturated/α-hetero) is 1. The van der Waals surface area contributed by atoms with Gasteiger partial charge < -0.3 is 4.74 Å². The third-order valence-corrected chi connectivity index (χ3v) is 4.53. The Balaban J connectivity index is 1.68. The van der Waals surface area contributed by atoms with Crippen LogP contribution in [-0.2, 0) is 0 Å². The molecule has 0 atom stereocenters. The normalized spacial score (nSPS) is 10.7. The van der Waals surface area contributed by atoms with Crippen LogP contribution in [0.5, 0.6) is 5.75 Å². The van der Waals surface area contributed by atoms with Crippen molar-refractivity contribution in [1.29, 1.82) is 0 Å². The smallest absolute Gasteiger partial charge is 0.176 e. The minimum atomic E-state index is -0.00753. The number of ether oxygens (including phenoxy) is 1. The number of thioether (sulfide) groups is 1. The van der Waals surface area contributed by atoms with E-state index in [0.717, 1.165) is 11.4 Å². The highest BCUT2D eigenvalue weighted by Crippen LogP contribution is 2.22. The molecular weight excluding hydrogens is 336 g/mol. The van der Waals surface area contributed by atoms with Gasteiger partial charge >= 0.3 is 0 Å². The van der Waals surface area contributed by atoms with Gasteiger partial charge in [0.25, 0.3) is 0 Å². The minimum Gasteiger partial charge on any atom is -0.496 e. The predicted octanol–water partition coefficient (Wildman–Crippen LogP) is 3.26. The van der Waals surface area contributed by atoms with Crippen LogP contribution < -0.4 is 4.74 Å². The fraction of sp³-hybridized carbons (Fsp3) is 0.222. The van der Waals surface area contributed by atoms with Crippen LogP contribution in [-0.4, -0.2) is 38.6 Å². The van der Waals surface area contributed by atoms with Crippen LogP contribution in [0.3, 0.4) is 0 Å².